The molecule has 2 fully saturated rings. The van der Waals surface area contributed by atoms with Gasteiger partial charge in [0.2, 0.25) is 5.91 Å². The molecule has 2 atom stereocenters. The van der Waals surface area contributed by atoms with Crippen molar-refractivity contribution in [2.24, 2.45) is 5.92 Å². The smallest absolute Gasteiger partial charge is 0.221 e. The van der Waals surface area contributed by atoms with E-state index in [0.717, 1.165) is 39.1 Å². The van der Waals surface area contributed by atoms with Crippen LogP contribution in [0.1, 0.15) is 32.1 Å². The fraction of sp³-hybridized carbons (Fsp3) is 0.917. The van der Waals surface area contributed by atoms with Crippen LogP contribution in [-0.2, 0) is 9.53 Å². The zero-order valence-electron chi connectivity index (χ0n) is 9.84. The van der Waals surface area contributed by atoms with Crippen molar-refractivity contribution in [2.45, 2.75) is 38.1 Å². The number of amides is 1. The lowest BCUT2D eigenvalue weighted by Gasteiger charge is -2.22. The van der Waals surface area contributed by atoms with Crippen LogP contribution in [0.4, 0.5) is 0 Å². The minimum Gasteiger partial charge on any atom is -0.381 e. The quantitative estimate of drug-likeness (QED) is 0.741. The van der Waals surface area contributed by atoms with Crippen molar-refractivity contribution in [1.82, 2.24) is 10.6 Å². The molecule has 16 heavy (non-hydrogen) atoms. The Hall–Kier alpha value is -0.610. The zero-order chi connectivity index (χ0) is 11.2. The van der Waals surface area contributed by atoms with E-state index in [1.807, 2.05) is 0 Å². The van der Waals surface area contributed by atoms with Crippen LogP contribution in [-0.4, -0.2) is 38.3 Å². The summed E-state index contributed by atoms with van der Waals surface area (Å²) >= 11 is 0. The highest BCUT2D eigenvalue weighted by molar-refractivity contribution is 5.76. The molecule has 0 radical (unpaired) electrons. The minimum absolute atomic E-state index is 0.185. The van der Waals surface area contributed by atoms with E-state index in [4.69, 9.17) is 4.74 Å². The SMILES string of the molecule is O=C(CC1CCCN1)NCC1CCCOC1. The highest BCUT2D eigenvalue weighted by atomic mass is 16.5. The van der Waals surface area contributed by atoms with E-state index in [2.05, 4.69) is 10.6 Å². The van der Waals surface area contributed by atoms with E-state index in [1.54, 1.807) is 0 Å². The number of carbonyl (C=O) groups is 1. The Morgan fingerprint density at radius 3 is 3.00 bits per heavy atom. The number of ether oxygens (including phenoxy) is 1. The Morgan fingerprint density at radius 1 is 1.38 bits per heavy atom. The Bertz CT molecular complexity index is 221. The van der Waals surface area contributed by atoms with Gasteiger partial charge in [0, 0.05) is 25.6 Å². The van der Waals surface area contributed by atoms with Crippen LogP contribution < -0.4 is 10.6 Å². The molecule has 1 amide bonds. The Morgan fingerprint density at radius 2 is 2.31 bits per heavy atom. The van der Waals surface area contributed by atoms with Crippen molar-refractivity contribution in [3.63, 3.8) is 0 Å². The molecular weight excluding hydrogens is 204 g/mol. The number of rotatable bonds is 4. The summed E-state index contributed by atoms with van der Waals surface area (Å²) in [7, 11) is 0. The van der Waals surface area contributed by atoms with Crippen molar-refractivity contribution >= 4 is 5.91 Å². The van der Waals surface area contributed by atoms with Gasteiger partial charge in [0.25, 0.3) is 0 Å². The number of hydrogen-bond acceptors (Lipinski definition) is 3. The summed E-state index contributed by atoms with van der Waals surface area (Å²) in [4.78, 5) is 11.6. The molecule has 0 aromatic heterocycles. The van der Waals surface area contributed by atoms with Crippen LogP contribution in [0.3, 0.4) is 0 Å². The standard InChI is InChI=1S/C12H22N2O2/c15-12(7-11-4-1-5-13-11)14-8-10-3-2-6-16-9-10/h10-11,13H,1-9H2,(H,14,15). The third-order valence-corrected chi connectivity index (χ3v) is 3.44. The maximum Gasteiger partial charge on any atom is 0.221 e. The van der Waals surface area contributed by atoms with Crippen molar-refractivity contribution in [3.8, 4) is 0 Å². The third-order valence-electron chi connectivity index (χ3n) is 3.44. The summed E-state index contributed by atoms with van der Waals surface area (Å²) in [6.07, 6.45) is 5.29. The molecule has 2 N–H and O–H groups in total. The van der Waals surface area contributed by atoms with Gasteiger partial charge in [0.1, 0.15) is 0 Å². The average molecular weight is 226 g/mol. The molecule has 0 bridgehead atoms. The molecule has 2 aliphatic heterocycles. The van der Waals surface area contributed by atoms with Gasteiger partial charge in [0.15, 0.2) is 0 Å². The predicted octanol–water partition coefficient (Wildman–Crippen LogP) is 0.671. The van der Waals surface area contributed by atoms with Gasteiger partial charge in [-0.3, -0.25) is 4.79 Å². The first-order valence-electron chi connectivity index (χ1n) is 6.42. The summed E-state index contributed by atoms with van der Waals surface area (Å²) in [5.41, 5.74) is 0. The molecule has 2 aliphatic rings. The molecule has 0 aromatic carbocycles. The molecule has 4 nitrogen and oxygen atoms in total. The number of nitrogens with one attached hydrogen (secondary N) is 2. The van der Waals surface area contributed by atoms with Gasteiger partial charge < -0.3 is 15.4 Å². The molecule has 2 unspecified atom stereocenters. The summed E-state index contributed by atoms with van der Waals surface area (Å²) in [5, 5.41) is 6.36. The van der Waals surface area contributed by atoms with Crippen LogP contribution >= 0.6 is 0 Å². The van der Waals surface area contributed by atoms with Gasteiger partial charge in [-0.15, -0.1) is 0 Å². The highest BCUT2D eigenvalue weighted by Gasteiger charge is 2.19. The number of hydrogen-bond donors (Lipinski definition) is 2. The summed E-state index contributed by atoms with van der Waals surface area (Å²) < 4.78 is 5.38. The summed E-state index contributed by atoms with van der Waals surface area (Å²) in [6.45, 7) is 3.54. The Balaban J connectivity index is 1.59. The zero-order valence-corrected chi connectivity index (χ0v) is 9.84. The first-order valence-corrected chi connectivity index (χ1v) is 6.42. The Kier molecular flexibility index (Phi) is 4.60. The van der Waals surface area contributed by atoms with Crippen molar-refractivity contribution < 1.29 is 9.53 Å². The van der Waals surface area contributed by atoms with E-state index < -0.39 is 0 Å². The second kappa shape index (κ2) is 6.21. The molecule has 0 aromatic rings. The average Bonchev–Trinajstić information content (AvgIpc) is 2.81. The molecule has 2 saturated heterocycles. The molecule has 92 valence electrons. The largest absolute Gasteiger partial charge is 0.381 e. The van der Waals surface area contributed by atoms with Gasteiger partial charge in [-0.2, -0.15) is 0 Å². The van der Waals surface area contributed by atoms with Gasteiger partial charge in [-0.1, -0.05) is 0 Å². The van der Waals surface area contributed by atoms with Gasteiger partial charge in [-0.25, -0.2) is 0 Å². The summed E-state index contributed by atoms with van der Waals surface area (Å²) in [5.74, 6) is 0.708. The van der Waals surface area contributed by atoms with Crippen LogP contribution in [0.25, 0.3) is 0 Å². The van der Waals surface area contributed by atoms with Crippen molar-refractivity contribution in [1.29, 1.82) is 0 Å². The van der Waals surface area contributed by atoms with Gasteiger partial charge in [0.05, 0.1) is 6.61 Å². The van der Waals surface area contributed by atoms with Crippen LogP contribution in [0.2, 0.25) is 0 Å². The lowest BCUT2D eigenvalue weighted by Crippen LogP contribution is -2.36. The van der Waals surface area contributed by atoms with Gasteiger partial charge >= 0.3 is 0 Å². The van der Waals surface area contributed by atoms with Crippen molar-refractivity contribution in [3.05, 3.63) is 0 Å². The molecule has 4 heteroatoms. The number of carbonyl (C=O) groups excluding carboxylic acids is 1. The maximum absolute atomic E-state index is 11.6. The first kappa shape index (κ1) is 11.9. The third kappa shape index (κ3) is 3.76. The summed E-state index contributed by atoms with van der Waals surface area (Å²) in [6, 6.07) is 0.405. The normalized spacial score (nSPS) is 30.2. The van der Waals surface area contributed by atoms with Gasteiger partial charge in [-0.05, 0) is 38.1 Å². The molecule has 2 rings (SSSR count). The second-order valence-corrected chi connectivity index (χ2v) is 4.88. The molecular formula is C12H22N2O2. The fourth-order valence-corrected chi connectivity index (χ4v) is 2.45. The van der Waals surface area contributed by atoms with E-state index in [0.29, 0.717) is 18.4 Å². The van der Waals surface area contributed by atoms with Crippen LogP contribution in [0.15, 0.2) is 0 Å². The van der Waals surface area contributed by atoms with E-state index in [-0.39, 0.29) is 5.91 Å². The second-order valence-electron chi connectivity index (χ2n) is 4.88. The maximum atomic E-state index is 11.6. The van der Waals surface area contributed by atoms with Crippen LogP contribution in [0, 0.1) is 5.92 Å². The van der Waals surface area contributed by atoms with E-state index >= 15 is 0 Å². The molecule has 2 heterocycles. The molecule has 0 aliphatic carbocycles. The first-order chi connectivity index (χ1) is 7.84. The topological polar surface area (TPSA) is 50.4 Å². The van der Waals surface area contributed by atoms with Crippen molar-refractivity contribution in [2.75, 3.05) is 26.3 Å². The van der Waals surface area contributed by atoms with E-state index in [1.165, 1.54) is 12.8 Å². The highest BCUT2D eigenvalue weighted by Crippen LogP contribution is 2.12. The minimum atomic E-state index is 0.185. The monoisotopic (exact) mass is 226 g/mol. The lowest BCUT2D eigenvalue weighted by atomic mass is 10.0. The molecule has 0 saturated carbocycles. The lowest BCUT2D eigenvalue weighted by molar-refractivity contribution is -0.121. The fourth-order valence-electron chi connectivity index (χ4n) is 2.45. The molecule has 0 spiro atoms. The van der Waals surface area contributed by atoms with Crippen LogP contribution in [0.5, 0.6) is 0 Å². The Labute approximate surface area is 97.1 Å². The predicted molar refractivity (Wildman–Crippen MR) is 62.2 cm³/mol. The van der Waals surface area contributed by atoms with E-state index in [9.17, 15) is 4.79 Å².